The van der Waals surface area contributed by atoms with E-state index in [0.29, 0.717) is 24.3 Å². The molecule has 0 radical (unpaired) electrons. The molecule has 4 atom stereocenters. The number of ether oxygens (including phenoxy) is 1. The molecule has 0 aromatic heterocycles. The van der Waals surface area contributed by atoms with Gasteiger partial charge in [-0.25, -0.2) is 0 Å². The van der Waals surface area contributed by atoms with E-state index in [9.17, 15) is 0 Å². The molecule has 0 aliphatic carbocycles. The van der Waals surface area contributed by atoms with Gasteiger partial charge in [0.15, 0.2) is 0 Å². The minimum atomic E-state index is 0.495. The second-order valence-electron chi connectivity index (χ2n) is 6.05. The molecular weight excluding hydrogens is 236 g/mol. The molecule has 0 saturated carbocycles. The van der Waals surface area contributed by atoms with Crippen LogP contribution in [0.25, 0.3) is 0 Å². The van der Waals surface area contributed by atoms with Crippen LogP contribution >= 0.6 is 0 Å². The Morgan fingerprint density at radius 3 is 2.79 bits per heavy atom. The highest BCUT2D eigenvalue weighted by atomic mass is 16.5. The van der Waals surface area contributed by atoms with Crippen LogP contribution in [0.5, 0.6) is 0 Å². The minimum absolute atomic E-state index is 0.495. The minimum Gasteiger partial charge on any atom is -0.373 e. The quantitative estimate of drug-likeness (QED) is 0.877. The number of piperazine rings is 1. The molecule has 4 unspecified atom stereocenters. The first-order valence-electron chi connectivity index (χ1n) is 7.59. The van der Waals surface area contributed by atoms with Crippen LogP contribution in [-0.4, -0.2) is 42.8 Å². The summed E-state index contributed by atoms with van der Waals surface area (Å²) in [4.78, 5) is 2.70. The van der Waals surface area contributed by atoms with Crippen molar-refractivity contribution in [3.8, 4) is 0 Å². The highest BCUT2D eigenvalue weighted by molar-refractivity contribution is 5.21. The van der Waals surface area contributed by atoms with E-state index in [2.05, 4.69) is 40.5 Å². The van der Waals surface area contributed by atoms with Crippen LogP contribution < -0.4 is 5.32 Å². The molecule has 1 N–H and O–H groups in total. The van der Waals surface area contributed by atoms with Gasteiger partial charge in [-0.2, -0.15) is 0 Å². The standard InChI is InChI=1S/C16H22N2O/c1-2-4-12(5-3-1)15-11-17-8-9-18(15)14-10-13-6-7-16(14)19-13/h1-5,13-17H,6-11H2. The van der Waals surface area contributed by atoms with Gasteiger partial charge >= 0.3 is 0 Å². The fourth-order valence-corrected chi connectivity index (χ4v) is 4.06. The van der Waals surface area contributed by atoms with Gasteiger partial charge in [0.25, 0.3) is 0 Å². The lowest BCUT2D eigenvalue weighted by atomic mass is 9.91. The largest absolute Gasteiger partial charge is 0.373 e. The van der Waals surface area contributed by atoms with E-state index in [1.54, 1.807) is 0 Å². The van der Waals surface area contributed by atoms with Crippen molar-refractivity contribution in [3.63, 3.8) is 0 Å². The Kier molecular flexibility index (Phi) is 3.06. The van der Waals surface area contributed by atoms with Crippen molar-refractivity contribution in [1.29, 1.82) is 0 Å². The summed E-state index contributed by atoms with van der Waals surface area (Å²) < 4.78 is 6.06. The van der Waals surface area contributed by atoms with Crippen LogP contribution in [0.2, 0.25) is 0 Å². The summed E-state index contributed by atoms with van der Waals surface area (Å²) >= 11 is 0. The first-order chi connectivity index (χ1) is 9.42. The maximum absolute atomic E-state index is 6.06. The fraction of sp³-hybridized carbons (Fsp3) is 0.625. The molecule has 0 spiro atoms. The van der Waals surface area contributed by atoms with E-state index in [-0.39, 0.29) is 0 Å². The maximum Gasteiger partial charge on any atom is 0.0736 e. The predicted octanol–water partition coefficient (Wildman–Crippen LogP) is 1.95. The van der Waals surface area contributed by atoms with Gasteiger partial charge in [-0.3, -0.25) is 4.90 Å². The summed E-state index contributed by atoms with van der Waals surface area (Å²) in [6.45, 7) is 3.33. The first-order valence-corrected chi connectivity index (χ1v) is 7.59. The van der Waals surface area contributed by atoms with Crippen LogP contribution in [0.4, 0.5) is 0 Å². The highest BCUT2D eigenvalue weighted by Gasteiger charge is 2.45. The summed E-state index contributed by atoms with van der Waals surface area (Å²) in [7, 11) is 0. The zero-order valence-electron chi connectivity index (χ0n) is 11.3. The normalized spacial score (nSPS) is 38.7. The Balaban J connectivity index is 1.58. The van der Waals surface area contributed by atoms with Crippen LogP contribution in [0.1, 0.15) is 30.9 Å². The summed E-state index contributed by atoms with van der Waals surface area (Å²) in [5.41, 5.74) is 1.44. The van der Waals surface area contributed by atoms with Crippen LogP contribution in [0.15, 0.2) is 30.3 Å². The molecule has 4 rings (SSSR count). The Bertz CT molecular complexity index is 436. The fourth-order valence-electron chi connectivity index (χ4n) is 4.06. The molecule has 1 aromatic rings. The molecule has 3 nitrogen and oxygen atoms in total. The average molecular weight is 258 g/mol. The van der Waals surface area contributed by atoms with Crippen molar-refractivity contribution >= 4 is 0 Å². The van der Waals surface area contributed by atoms with Gasteiger partial charge in [0.05, 0.1) is 12.2 Å². The highest BCUT2D eigenvalue weighted by Crippen LogP contribution is 2.40. The van der Waals surface area contributed by atoms with Crippen molar-refractivity contribution in [2.24, 2.45) is 0 Å². The Hall–Kier alpha value is -0.900. The monoisotopic (exact) mass is 258 g/mol. The third-order valence-electron chi connectivity index (χ3n) is 4.97. The summed E-state index contributed by atoms with van der Waals surface area (Å²) in [5.74, 6) is 0. The lowest BCUT2D eigenvalue weighted by Crippen LogP contribution is -2.53. The third-order valence-corrected chi connectivity index (χ3v) is 4.97. The maximum atomic E-state index is 6.06. The summed E-state index contributed by atoms with van der Waals surface area (Å²) in [6.07, 6.45) is 4.83. The molecule has 3 fully saturated rings. The molecule has 1 aromatic carbocycles. The van der Waals surface area contributed by atoms with Crippen LogP contribution in [0, 0.1) is 0 Å². The van der Waals surface area contributed by atoms with E-state index in [1.807, 2.05) is 0 Å². The Morgan fingerprint density at radius 1 is 1.16 bits per heavy atom. The zero-order valence-corrected chi connectivity index (χ0v) is 11.3. The van der Waals surface area contributed by atoms with Crippen LogP contribution in [0.3, 0.4) is 0 Å². The number of benzene rings is 1. The first kappa shape index (κ1) is 11.9. The zero-order chi connectivity index (χ0) is 12.7. The Morgan fingerprint density at radius 2 is 2.05 bits per heavy atom. The van der Waals surface area contributed by atoms with Gasteiger partial charge in [-0.15, -0.1) is 0 Å². The predicted molar refractivity (Wildman–Crippen MR) is 75.1 cm³/mol. The lowest BCUT2D eigenvalue weighted by molar-refractivity contribution is 0.0416. The number of hydrogen-bond donors (Lipinski definition) is 1. The molecule has 3 aliphatic heterocycles. The van der Waals surface area contributed by atoms with Gasteiger partial charge in [-0.1, -0.05) is 30.3 Å². The van der Waals surface area contributed by atoms with Crippen molar-refractivity contribution in [1.82, 2.24) is 10.2 Å². The molecule has 0 amide bonds. The van der Waals surface area contributed by atoms with E-state index < -0.39 is 0 Å². The van der Waals surface area contributed by atoms with Gasteiger partial charge in [-0.05, 0) is 24.8 Å². The lowest BCUT2D eigenvalue weighted by Gasteiger charge is -2.42. The average Bonchev–Trinajstić information content (AvgIpc) is 3.11. The molecule has 3 aliphatic rings. The van der Waals surface area contributed by atoms with Gasteiger partial charge in [0, 0.05) is 31.7 Å². The number of nitrogens with zero attached hydrogens (tertiary/aromatic N) is 1. The molecule has 3 heterocycles. The number of nitrogens with one attached hydrogen (secondary N) is 1. The number of fused-ring (bicyclic) bond motifs is 2. The van der Waals surface area contributed by atoms with Gasteiger partial charge < -0.3 is 10.1 Å². The van der Waals surface area contributed by atoms with Crippen molar-refractivity contribution in [3.05, 3.63) is 35.9 Å². The molecular formula is C16H22N2O. The Labute approximate surface area is 114 Å². The summed E-state index contributed by atoms with van der Waals surface area (Å²) in [5, 5.41) is 3.55. The van der Waals surface area contributed by atoms with E-state index >= 15 is 0 Å². The van der Waals surface area contributed by atoms with Crippen molar-refractivity contribution in [2.75, 3.05) is 19.6 Å². The van der Waals surface area contributed by atoms with E-state index in [0.717, 1.165) is 19.6 Å². The van der Waals surface area contributed by atoms with Crippen molar-refractivity contribution < 1.29 is 4.74 Å². The topological polar surface area (TPSA) is 24.5 Å². The SMILES string of the molecule is c1ccc(C2CNCCN2C2CC3CCC2O3)cc1. The van der Waals surface area contributed by atoms with Gasteiger partial charge in [0.2, 0.25) is 0 Å². The third kappa shape index (κ3) is 2.10. The summed E-state index contributed by atoms with van der Waals surface area (Å²) in [6, 6.07) is 12.1. The van der Waals surface area contributed by atoms with Crippen LogP contribution in [-0.2, 0) is 4.74 Å². The van der Waals surface area contributed by atoms with E-state index in [4.69, 9.17) is 4.74 Å². The second kappa shape index (κ2) is 4.89. The van der Waals surface area contributed by atoms with E-state index in [1.165, 1.54) is 24.8 Å². The van der Waals surface area contributed by atoms with Gasteiger partial charge in [0.1, 0.15) is 0 Å². The molecule has 2 bridgehead atoms. The molecule has 3 heteroatoms. The smallest absolute Gasteiger partial charge is 0.0736 e. The number of rotatable bonds is 2. The number of hydrogen-bond acceptors (Lipinski definition) is 3. The molecule has 102 valence electrons. The van der Waals surface area contributed by atoms with Crippen molar-refractivity contribution in [2.45, 2.75) is 43.6 Å². The second-order valence-corrected chi connectivity index (χ2v) is 6.05. The molecule has 19 heavy (non-hydrogen) atoms. The molecule has 3 saturated heterocycles.